The zero-order valence-electron chi connectivity index (χ0n) is 17.9. The van der Waals surface area contributed by atoms with Crippen LogP contribution in [0.5, 0.6) is 5.75 Å². The van der Waals surface area contributed by atoms with Gasteiger partial charge in [-0.15, -0.1) is 10.2 Å². The molecule has 1 N–H and O–H groups in total. The summed E-state index contributed by atoms with van der Waals surface area (Å²) in [5, 5.41) is 12.8. The van der Waals surface area contributed by atoms with E-state index in [1.54, 1.807) is 7.11 Å². The van der Waals surface area contributed by atoms with E-state index in [0.717, 1.165) is 34.7 Å². The summed E-state index contributed by atoms with van der Waals surface area (Å²) in [6.45, 7) is 0. The molecule has 0 atom stereocenters. The number of nitrogens with zero attached hydrogens (tertiary/aromatic N) is 2. The SMILES string of the molecule is COc1ccc(CCc2nnc(NC(=O)CC(c3ccccc3)c3ccccc3)s2)cc1. The molecule has 32 heavy (non-hydrogen) atoms. The van der Waals surface area contributed by atoms with Crippen LogP contribution in [-0.2, 0) is 17.6 Å². The average Bonchev–Trinajstić information content (AvgIpc) is 3.29. The lowest BCUT2D eigenvalue weighted by atomic mass is 9.88. The summed E-state index contributed by atoms with van der Waals surface area (Å²) in [5.41, 5.74) is 3.44. The maximum Gasteiger partial charge on any atom is 0.227 e. The average molecular weight is 444 g/mol. The maximum absolute atomic E-state index is 12.8. The van der Waals surface area contributed by atoms with Crippen molar-refractivity contribution in [3.05, 3.63) is 107 Å². The lowest BCUT2D eigenvalue weighted by molar-refractivity contribution is -0.116. The van der Waals surface area contributed by atoms with Gasteiger partial charge in [-0.2, -0.15) is 0 Å². The van der Waals surface area contributed by atoms with E-state index in [0.29, 0.717) is 11.6 Å². The topological polar surface area (TPSA) is 64.1 Å². The number of ether oxygens (including phenoxy) is 1. The molecule has 0 fully saturated rings. The van der Waals surface area contributed by atoms with Gasteiger partial charge in [0.05, 0.1) is 7.11 Å². The monoisotopic (exact) mass is 443 g/mol. The highest BCUT2D eigenvalue weighted by Crippen LogP contribution is 2.28. The molecule has 0 aliphatic rings. The second-order valence-electron chi connectivity index (χ2n) is 7.48. The van der Waals surface area contributed by atoms with Gasteiger partial charge in [0.15, 0.2) is 0 Å². The molecule has 4 aromatic rings. The number of nitrogens with one attached hydrogen (secondary N) is 1. The minimum absolute atomic E-state index is 0.0140. The molecule has 4 rings (SSSR count). The number of aromatic nitrogens is 2. The number of carbonyl (C=O) groups is 1. The van der Waals surface area contributed by atoms with Crippen LogP contribution in [-0.4, -0.2) is 23.2 Å². The third-order valence-electron chi connectivity index (χ3n) is 5.29. The van der Waals surface area contributed by atoms with E-state index in [9.17, 15) is 4.79 Å². The smallest absolute Gasteiger partial charge is 0.227 e. The third kappa shape index (κ3) is 5.80. The highest BCUT2D eigenvalue weighted by atomic mass is 32.1. The van der Waals surface area contributed by atoms with Gasteiger partial charge in [-0.05, 0) is 35.2 Å². The molecule has 3 aromatic carbocycles. The van der Waals surface area contributed by atoms with Crippen molar-refractivity contribution in [3.8, 4) is 5.75 Å². The van der Waals surface area contributed by atoms with Gasteiger partial charge >= 0.3 is 0 Å². The summed E-state index contributed by atoms with van der Waals surface area (Å²) in [6.07, 6.45) is 1.97. The summed E-state index contributed by atoms with van der Waals surface area (Å²) < 4.78 is 5.20. The number of anilines is 1. The van der Waals surface area contributed by atoms with E-state index in [4.69, 9.17) is 4.74 Å². The number of rotatable bonds is 9. The Balaban J connectivity index is 1.37. The first kappa shape index (κ1) is 21.7. The Hall–Kier alpha value is -3.51. The number of aryl methyl sites for hydroxylation is 2. The third-order valence-corrected chi connectivity index (χ3v) is 6.19. The fourth-order valence-corrected chi connectivity index (χ4v) is 4.36. The summed E-state index contributed by atoms with van der Waals surface area (Å²) >= 11 is 1.43. The van der Waals surface area contributed by atoms with E-state index in [-0.39, 0.29) is 11.8 Å². The molecular formula is C26H25N3O2S. The first-order valence-electron chi connectivity index (χ1n) is 10.6. The first-order valence-corrected chi connectivity index (χ1v) is 11.4. The Morgan fingerprint density at radius 1 is 0.875 bits per heavy atom. The van der Waals surface area contributed by atoms with Crippen molar-refractivity contribution < 1.29 is 9.53 Å². The molecule has 5 nitrogen and oxygen atoms in total. The number of methoxy groups -OCH3 is 1. The fraction of sp³-hybridized carbons (Fsp3) is 0.192. The van der Waals surface area contributed by atoms with Gasteiger partial charge < -0.3 is 10.1 Å². The van der Waals surface area contributed by atoms with Crippen LogP contribution in [0, 0.1) is 0 Å². The zero-order valence-corrected chi connectivity index (χ0v) is 18.7. The molecule has 0 spiro atoms. The molecule has 0 saturated carbocycles. The molecule has 0 radical (unpaired) electrons. The molecule has 6 heteroatoms. The Morgan fingerprint density at radius 3 is 2.09 bits per heavy atom. The summed E-state index contributed by atoms with van der Waals surface area (Å²) in [6, 6.07) is 28.2. The Morgan fingerprint density at radius 2 is 1.50 bits per heavy atom. The Kier molecular flexibility index (Phi) is 7.25. The van der Waals surface area contributed by atoms with Crippen LogP contribution in [0.3, 0.4) is 0 Å². The number of amides is 1. The lowest BCUT2D eigenvalue weighted by Crippen LogP contribution is -2.16. The zero-order chi connectivity index (χ0) is 22.2. The number of benzene rings is 3. The van der Waals surface area contributed by atoms with Gasteiger partial charge in [0.2, 0.25) is 11.0 Å². The molecule has 0 aliphatic carbocycles. The predicted molar refractivity (Wildman–Crippen MR) is 128 cm³/mol. The van der Waals surface area contributed by atoms with Gasteiger partial charge in [-0.3, -0.25) is 4.79 Å². The molecule has 0 unspecified atom stereocenters. The van der Waals surface area contributed by atoms with Crippen LogP contribution < -0.4 is 10.1 Å². The van der Waals surface area contributed by atoms with Gasteiger partial charge in [0.25, 0.3) is 0 Å². The van der Waals surface area contributed by atoms with E-state index in [1.165, 1.54) is 16.9 Å². The van der Waals surface area contributed by atoms with Crippen molar-refractivity contribution in [1.29, 1.82) is 0 Å². The van der Waals surface area contributed by atoms with Crippen LogP contribution in [0.15, 0.2) is 84.9 Å². The standard InChI is InChI=1S/C26H25N3O2S/c1-31-22-15-12-19(13-16-22)14-17-25-28-29-26(32-25)27-24(30)18-23(20-8-4-2-5-9-20)21-10-6-3-7-11-21/h2-13,15-16,23H,14,17-18H2,1H3,(H,27,29,30). The van der Waals surface area contributed by atoms with Crippen LogP contribution in [0.4, 0.5) is 5.13 Å². The second-order valence-corrected chi connectivity index (χ2v) is 8.54. The highest BCUT2D eigenvalue weighted by Gasteiger charge is 2.19. The van der Waals surface area contributed by atoms with Gasteiger partial charge in [0, 0.05) is 18.8 Å². The van der Waals surface area contributed by atoms with Gasteiger partial charge in [0.1, 0.15) is 10.8 Å². The van der Waals surface area contributed by atoms with Crippen molar-refractivity contribution >= 4 is 22.4 Å². The largest absolute Gasteiger partial charge is 0.497 e. The van der Waals surface area contributed by atoms with Crippen molar-refractivity contribution in [1.82, 2.24) is 10.2 Å². The summed E-state index contributed by atoms with van der Waals surface area (Å²) in [7, 11) is 1.66. The van der Waals surface area contributed by atoms with Crippen LogP contribution in [0.25, 0.3) is 0 Å². The molecule has 1 aromatic heterocycles. The van der Waals surface area contributed by atoms with E-state index in [2.05, 4.69) is 51.9 Å². The highest BCUT2D eigenvalue weighted by molar-refractivity contribution is 7.15. The van der Waals surface area contributed by atoms with E-state index >= 15 is 0 Å². The molecular weight excluding hydrogens is 418 g/mol. The maximum atomic E-state index is 12.8. The lowest BCUT2D eigenvalue weighted by Gasteiger charge is -2.17. The summed E-state index contributed by atoms with van der Waals surface area (Å²) in [4.78, 5) is 12.8. The summed E-state index contributed by atoms with van der Waals surface area (Å²) in [5.74, 6) is 0.763. The second kappa shape index (κ2) is 10.7. The predicted octanol–water partition coefficient (Wildman–Crippen LogP) is 5.49. The Labute approximate surface area is 192 Å². The van der Waals surface area contributed by atoms with E-state index < -0.39 is 0 Å². The normalized spacial score (nSPS) is 10.8. The van der Waals surface area contributed by atoms with Gasteiger partial charge in [-0.1, -0.05) is 84.1 Å². The number of carbonyl (C=O) groups excluding carboxylic acids is 1. The molecule has 0 saturated heterocycles. The van der Waals surface area contributed by atoms with Crippen LogP contribution in [0.2, 0.25) is 0 Å². The van der Waals surface area contributed by atoms with Crippen molar-refractivity contribution in [3.63, 3.8) is 0 Å². The molecule has 1 amide bonds. The van der Waals surface area contributed by atoms with Crippen molar-refractivity contribution in [2.24, 2.45) is 0 Å². The van der Waals surface area contributed by atoms with Crippen molar-refractivity contribution in [2.45, 2.75) is 25.2 Å². The molecule has 1 heterocycles. The molecule has 0 bridgehead atoms. The van der Waals surface area contributed by atoms with Gasteiger partial charge in [-0.25, -0.2) is 0 Å². The minimum atomic E-state index is -0.0689. The number of hydrogen-bond donors (Lipinski definition) is 1. The molecule has 0 aliphatic heterocycles. The quantitative estimate of drug-likeness (QED) is 0.371. The fourth-order valence-electron chi connectivity index (χ4n) is 3.60. The molecule has 162 valence electrons. The number of hydrogen-bond acceptors (Lipinski definition) is 5. The van der Waals surface area contributed by atoms with Crippen molar-refractivity contribution in [2.75, 3.05) is 12.4 Å². The van der Waals surface area contributed by atoms with E-state index in [1.807, 2.05) is 48.5 Å². The minimum Gasteiger partial charge on any atom is -0.497 e. The Bertz CT molecular complexity index is 1090. The first-order chi connectivity index (χ1) is 15.7. The van der Waals surface area contributed by atoms with Crippen LogP contribution >= 0.6 is 11.3 Å². The van der Waals surface area contributed by atoms with Crippen LogP contribution in [0.1, 0.15) is 34.0 Å².